The number of carboxylic acid groups (broad SMARTS) is 2. The molecular formula is C62H76ClNO13. The monoisotopic (exact) mass is 1080 g/mol. The van der Waals surface area contributed by atoms with E-state index in [1.54, 1.807) is 26.0 Å². The predicted molar refractivity (Wildman–Crippen MR) is 301 cm³/mol. The summed E-state index contributed by atoms with van der Waals surface area (Å²) in [6, 6.07) is 12.1. The van der Waals surface area contributed by atoms with Gasteiger partial charge in [0.1, 0.15) is 28.4 Å². The number of nitrogens with zero attached hydrogens (tertiary/aromatic N) is 1. The molecular weight excluding hydrogens is 1000 g/mol. The summed E-state index contributed by atoms with van der Waals surface area (Å²) in [7, 11) is 0. The largest absolute Gasteiger partial charge is 0.506 e. The summed E-state index contributed by atoms with van der Waals surface area (Å²) in [5, 5.41) is 34.5. The van der Waals surface area contributed by atoms with Crippen molar-refractivity contribution in [1.82, 2.24) is 4.98 Å². The number of phenols is 1. The highest BCUT2D eigenvalue weighted by Crippen LogP contribution is 2.64. The first-order valence-electron chi connectivity index (χ1n) is 26.5. The van der Waals surface area contributed by atoms with Gasteiger partial charge in [-0.2, -0.15) is 0 Å². The number of aliphatic carboxylic acids is 2. The number of rotatable bonds is 19. The van der Waals surface area contributed by atoms with Gasteiger partial charge in [-0.1, -0.05) is 41.5 Å². The van der Waals surface area contributed by atoms with Crippen LogP contribution in [-0.2, 0) is 27.2 Å². The third kappa shape index (κ3) is 11.7. The molecule has 1 aromatic heterocycles. The maximum atomic E-state index is 14.7. The normalized spacial score (nSPS) is 21.4. The van der Waals surface area contributed by atoms with Crippen LogP contribution in [0.3, 0.4) is 0 Å². The van der Waals surface area contributed by atoms with Crippen LogP contribution in [0.5, 0.6) is 40.2 Å². The van der Waals surface area contributed by atoms with Gasteiger partial charge in [0.2, 0.25) is 5.60 Å². The van der Waals surface area contributed by atoms with Crippen molar-refractivity contribution in [2.24, 2.45) is 5.92 Å². The average molecular weight is 1080 g/mol. The fourth-order valence-electron chi connectivity index (χ4n) is 11.0. The Morgan fingerprint density at radius 1 is 0.805 bits per heavy atom. The topological polar surface area (TPSA) is 189 Å². The van der Waals surface area contributed by atoms with E-state index in [1.165, 1.54) is 18.6 Å². The minimum Gasteiger partial charge on any atom is -0.506 e. The van der Waals surface area contributed by atoms with Gasteiger partial charge in [0, 0.05) is 47.1 Å². The molecule has 0 amide bonds. The van der Waals surface area contributed by atoms with Gasteiger partial charge in [-0.25, -0.2) is 9.59 Å². The van der Waals surface area contributed by atoms with E-state index in [0.717, 1.165) is 57.0 Å². The molecule has 0 saturated carbocycles. The lowest BCUT2D eigenvalue weighted by atomic mass is 9.60. The highest BCUT2D eigenvalue weighted by atomic mass is 35.5. The van der Waals surface area contributed by atoms with Crippen LogP contribution < -0.4 is 28.4 Å². The number of fused-ring (bicyclic) bond motifs is 3. The van der Waals surface area contributed by atoms with Crippen LogP contribution in [0, 0.1) is 5.92 Å². The smallest absolute Gasteiger partial charge is 0.340 e. The number of carbonyl (C=O) groups is 3. The molecule has 14 nitrogen and oxygen atoms in total. The Morgan fingerprint density at radius 3 is 2.06 bits per heavy atom. The van der Waals surface area contributed by atoms with E-state index in [2.05, 4.69) is 17.1 Å². The van der Waals surface area contributed by atoms with Crippen molar-refractivity contribution in [2.75, 3.05) is 26.4 Å². The zero-order valence-electron chi connectivity index (χ0n) is 46.6. The van der Waals surface area contributed by atoms with Crippen molar-refractivity contribution in [3.05, 3.63) is 123 Å². The van der Waals surface area contributed by atoms with Gasteiger partial charge in [-0.05, 0) is 169 Å². The minimum atomic E-state index is -2.16. The first kappa shape index (κ1) is 59.5. The molecule has 3 aromatic carbocycles. The number of aromatic nitrogens is 1. The molecule has 3 aliphatic heterocycles. The number of aromatic hydroxyl groups is 1. The first-order chi connectivity index (χ1) is 36.1. The minimum absolute atomic E-state index is 0. The summed E-state index contributed by atoms with van der Waals surface area (Å²) < 4.78 is 43.2. The van der Waals surface area contributed by atoms with Crippen LogP contribution in [0.1, 0.15) is 148 Å². The molecule has 8 rings (SSSR count). The fourth-order valence-corrected chi connectivity index (χ4v) is 11.0. The second-order valence-electron chi connectivity index (χ2n) is 20.9. The standard InChI is InChI=1S/C38H46O9.C24H29NO4.ClH/c1-21(2)11-10-18-36(8)19-17-24-29(39)28-30(40)26-12-9-13-27-35(6,7)47-37(34(43)44,20-16-23(5)33(41)42)38(26,27)46-32(28)25(31(24)45-36)15-14-22(3)4;1-5-26-21-10-9-17(14-22(21)27-6-2)13-20-19-16-24(29-8-4)23(28-7-3)15-18(19)11-12-25-20;/h11-12,14,16-17,19,27,39H,9-10,13,15,18,20H2,1-8H3,(H,41,42)(H,43,44);9-12,14-16H,5-8,13H2,1-4H3;1H. The van der Waals surface area contributed by atoms with Crippen LogP contribution in [0.15, 0.2) is 95.3 Å². The van der Waals surface area contributed by atoms with Gasteiger partial charge >= 0.3 is 11.9 Å². The number of halogens is 1. The van der Waals surface area contributed by atoms with Crippen LogP contribution in [0.4, 0.5) is 0 Å². The van der Waals surface area contributed by atoms with Gasteiger partial charge in [0.05, 0.1) is 43.3 Å². The third-order valence-electron chi connectivity index (χ3n) is 14.5. The number of phenolic OH excluding ortho intramolecular Hbond substituents is 1. The van der Waals surface area contributed by atoms with Crippen molar-refractivity contribution in [3.63, 3.8) is 0 Å². The zero-order chi connectivity index (χ0) is 55.3. The Bertz CT molecular complexity index is 3050. The summed E-state index contributed by atoms with van der Waals surface area (Å²) in [5.74, 6) is -0.488. The number of allylic oxidation sites excluding steroid dienone is 5. The highest BCUT2D eigenvalue weighted by molar-refractivity contribution is 6.17. The maximum Gasteiger partial charge on any atom is 0.340 e. The molecule has 1 saturated heterocycles. The summed E-state index contributed by atoms with van der Waals surface area (Å²) >= 11 is 0. The Morgan fingerprint density at radius 2 is 1.44 bits per heavy atom. The van der Waals surface area contributed by atoms with E-state index in [1.807, 2.05) is 111 Å². The molecule has 3 N–H and O–H groups in total. The molecule has 1 fully saturated rings. The lowest BCUT2D eigenvalue weighted by Gasteiger charge is -2.50. The predicted octanol–water partition coefficient (Wildman–Crippen LogP) is 13.4. The summed E-state index contributed by atoms with van der Waals surface area (Å²) in [4.78, 5) is 44.7. The zero-order valence-corrected chi connectivity index (χ0v) is 47.5. The van der Waals surface area contributed by atoms with Crippen molar-refractivity contribution < 1.29 is 62.9 Å². The summed E-state index contributed by atoms with van der Waals surface area (Å²) in [6.07, 6.45) is 15.6. The molecule has 414 valence electrons. The summed E-state index contributed by atoms with van der Waals surface area (Å²) in [5.41, 5.74) is -0.570. The number of ketones is 1. The van der Waals surface area contributed by atoms with Crippen LogP contribution in [0.2, 0.25) is 0 Å². The Balaban J connectivity index is 0.000000275. The molecule has 0 bridgehead atoms. The van der Waals surface area contributed by atoms with E-state index >= 15 is 0 Å². The van der Waals surface area contributed by atoms with E-state index in [4.69, 9.17) is 33.2 Å². The quantitative estimate of drug-likeness (QED) is 0.0594. The lowest BCUT2D eigenvalue weighted by molar-refractivity contribution is -0.184. The van der Waals surface area contributed by atoms with E-state index in [0.29, 0.717) is 75.4 Å². The highest BCUT2D eigenvalue weighted by Gasteiger charge is 2.77. The van der Waals surface area contributed by atoms with Crippen molar-refractivity contribution in [1.29, 1.82) is 0 Å². The molecule has 4 atom stereocenters. The number of pyridine rings is 1. The number of hydrogen-bond donors (Lipinski definition) is 3. The number of Topliss-reactive ketones (excluding diaryl/α,β-unsaturated/α-hetero) is 1. The fraction of sp³-hybridized carbons (Fsp3) is 0.452. The van der Waals surface area contributed by atoms with Crippen LogP contribution in [0.25, 0.3) is 16.8 Å². The van der Waals surface area contributed by atoms with Crippen molar-refractivity contribution >= 4 is 47.0 Å². The Hall–Kier alpha value is -6.77. The number of benzene rings is 3. The third-order valence-corrected chi connectivity index (χ3v) is 14.5. The summed E-state index contributed by atoms with van der Waals surface area (Å²) in [6.45, 7) is 25.1. The van der Waals surface area contributed by atoms with Crippen LogP contribution in [-0.4, -0.2) is 86.9 Å². The number of carboxylic acids is 2. The Labute approximate surface area is 459 Å². The SMILES string of the molecule is CC(C)=CCCC1(C)C=Cc2c(O)c3c(c(CC=C(C)C)c2O1)OC12C(=CCCC1C(C)(C)OC2(CC=C(C)C(=O)O)C(=O)O)C3=O.CCOc1ccc(Cc2nccc3cc(OCC)c(OCC)cc23)cc1OCC.Cl. The molecule has 4 unspecified atom stereocenters. The molecule has 4 aromatic rings. The van der Waals surface area contributed by atoms with Gasteiger partial charge in [-0.15, -0.1) is 12.4 Å². The number of hydrogen-bond acceptors (Lipinski definition) is 12. The molecule has 77 heavy (non-hydrogen) atoms. The van der Waals surface area contributed by atoms with Crippen LogP contribution >= 0.6 is 12.4 Å². The van der Waals surface area contributed by atoms with Gasteiger partial charge < -0.3 is 48.5 Å². The second-order valence-corrected chi connectivity index (χ2v) is 20.9. The second kappa shape index (κ2) is 24.3. The Kier molecular flexibility index (Phi) is 18.7. The molecule has 1 aliphatic carbocycles. The lowest BCUT2D eigenvalue weighted by Crippen LogP contribution is -2.66. The van der Waals surface area contributed by atoms with E-state index in [9.17, 15) is 29.7 Å². The van der Waals surface area contributed by atoms with Gasteiger partial charge in [0.25, 0.3) is 0 Å². The molecule has 0 radical (unpaired) electrons. The van der Waals surface area contributed by atoms with E-state index < -0.39 is 46.0 Å². The van der Waals surface area contributed by atoms with E-state index in [-0.39, 0.29) is 47.0 Å². The van der Waals surface area contributed by atoms with Gasteiger partial charge in [-0.3, -0.25) is 9.78 Å². The van der Waals surface area contributed by atoms with Crippen molar-refractivity contribution in [3.8, 4) is 40.2 Å². The molecule has 4 aliphatic rings. The number of ether oxygens (including phenoxy) is 7. The first-order valence-corrected chi connectivity index (χ1v) is 26.5. The molecule has 4 heterocycles. The number of carbonyl (C=O) groups excluding carboxylic acids is 1. The van der Waals surface area contributed by atoms with Crippen molar-refractivity contribution in [2.45, 2.75) is 150 Å². The molecule has 1 spiro atoms. The van der Waals surface area contributed by atoms with Gasteiger partial charge in [0.15, 0.2) is 34.4 Å². The average Bonchev–Trinajstić information content (AvgIpc) is 3.90. The molecule has 15 heteroatoms. The maximum absolute atomic E-state index is 14.7.